The van der Waals surface area contributed by atoms with Crippen molar-refractivity contribution in [2.75, 3.05) is 14.2 Å². The molecule has 1 fully saturated rings. The maximum absolute atomic E-state index is 12.4. The van der Waals surface area contributed by atoms with Crippen molar-refractivity contribution in [1.82, 2.24) is 4.68 Å². The predicted molar refractivity (Wildman–Crippen MR) is 152 cm³/mol. The molecule has 2 aromatic heterocycles. The van der Waals surface area contributed by atoms with Crippen molar-refractivity contribution in [2.45, 2.75) is 38.1 Å². The number of esters is 1. The van der Waals surface area contributed by atoms with Gasteiger partial charge in [0, 0.05) is 10.9 Å². The molecule has 0 spiro atoms. The van der Waals surface area contributed by atoms with Crippen molar-refractivity contribution in [3.63, 3.8) is 0 Å². The Bertz CT molecular complexity index is 1460. The molecule has 0 bridgehead atoms. The van der Waals surface area contributed by atoms with E-state index in [0.29, 0.717) is 22.4 Å². The number of ether oxygens (including phenoxy) is 3. The SMILES string of the molecule is COc1ccc(-c2csc(=NC3CCCCC3)n2/N=C/c2ccc(OC(=O)c3cccs3)c(OC)c2)cc1. The highest BCUT2D eigenvalue weighted by molar-refractivity contribution is 7.12. The maximum atomic E-state index is 12.4. The van der Waals surface area contributed by atoms with Gasteiger partial charge < -0.3 is 14.2 Å². The van der Waals surface area contributed by atoms with Crippen LogP contribution in [0.4, 0.5) is 0 Å². The lowest BCUT2D eigenvalue weighted by atomic mass is 9.96. The Labute approximate surface area is 229 Å². The molecule has 0 atom stereocenters. The second-order valence-electron chi connectivity index (χ2n) is 8.89. The van der Waals surface area contributed by atoms with Crippen LogP contribution in [0.15, 0.2) is 75.5 Å². The van der Waals surface area contributed by atoms with Crippen molar-refractivity contribution in [2.24, 2.45) is 10.1 Å². The average molecular weight is 548 g/mol. The molecule has 1 aliphatic rings. The van der Waals surface area contributed by atoms with Gasteiger partial charge in [0.2, 0.25) is 4.80 Å². The number of hydrogen-bond donors (Lipinski definition) is 0. The van der Waals surface area contributed by atoms with E-state index in [9.17, 15) is 4.79 Å². The topological polar surface area (TPSA) is 74.4 Å². The molecule has 2 aromatic carbocycles. The number of carbonyl (C=O) groups excluding carboxylic acids is 1. The number of nitrogens with zero attached hydrogens (tertiary/aromatic N) is 3. The number of hydrogen-bond acceptors (Lipinski definition) is 8. The van der Waals surface area contributed by atoms with Gasteiger partial charge in [-0.2, -0.15) is 5.10 Å². The number of thiophene rings is 1. The molecule has 0 unspecified atom stereocenters. The highest BCUT2D eigenvalue weighted by Crippen LogP contribution is 2.29. The van der Waals surface area contributed by atoms with Gasteiger partial charge in [-0.1, -0.05) is 25.3 Å². The summed E-state index contributed by atoms with van der Waals surface area (Å²) < 4.78 is 18.3. The number of carbonyl (C=O) groups is 1. The van der Waals surface area contributed by atoms with Crippen LogP contribution in [0.1, 0.15) is 47.3 Å². The molecule has 0 saturated heterocycles. The van der Waals surface area contributed by atoms with Gasteiger partial charge in [0.15, 0.2) is 11.5 Å². The smallest absolute Gasteiger partial charge is 0.353 e. The van der Waals surface area contributed by atoms with Gasteiger partial charge in [0.25, 0.3) is 0 Å². The first-order chi connectivity index (χ1) is 18.6. The number of thiazole rings is 1. The standard InChI is InChI=1S/C29H29N3O4S2/c1-34-23-13-11-21(12-14-23)24-19-38-29(31-22-7-4-3-5-8-22)32(24)30-18-20-10-15-25(26(17-20)35-2)36-28(33)27-9-6-16-37-27/h6,9-19,22H,3-5,7-8H2,1-2H3/b30-18+,31-29?. The van der Waals surface area contributed by atoms with Gasteiger partial charge in [-0.15, -0.1) is 22.7 Å². The van der Waals surface area contributed by atoms with E-state index >= 15 is 0 Å². The van der Waals surface area contributed by atoms with E-state index in [4.69, 9.17) is 24.3 Å². The summed E-state index contributed by atoms with van der Waals surface area (Å²) in [6.45, 7) is 0. The molecule has 7 nitrogen and oxygen atoms in total. The first kappa shape index (κ1) is 25.9. The summed E-state index contributed by atoms with van der Waals surface area (Å²) in [4.78, 5) is 18.9. The first-order valence-electron chi connectivity index (χ1n) is 12.5. The van der Waals surface area contributed by atoms with Crippen LogP contribution >= 0.6 is 22.7 Å². The highest BCUT2D eigenvalue weighted by Gasteiger charge is 2.15. The number of methoxy groups -OCH3 is 2. The quantitative estimate of drug-likeness (QED) is 0.141. The van der Waals surface area contributed by atoms with E-state index in [1.54, 1.807) is 50.0 Å². The lowest BCUT2D eigenvalue weighted by molar-refractivity contribution is 0.0735. The Morgan fingerprint density at radius 2 is 1.79 bits per heavy atom. The normalized spacial score (nSPS) is 14.6. The van der Waals surface area contributed by atoms with Crippen LogP contribution < -0.4 is 19.0 Å². The molecule has 1 saturated carbocycles. The molecule has 38 heavy (non-hydrogen) atoms. The Balaban J connectivity index is 1.46. The van der Waals surface area contributed by atoms with Gasteiger partial charge in [0.05, 0.1) is 32.2 Å². The molecule has 4 aromatic rings. The van der Waals surface area contributed by atoms with Crippen LogP contribution in [0.25, 0.3) is 11.3 Å². The number of aromatic nitrogens is 1. The van der Waals surface area contributed by atoms with Crippen LogP contribution in [0.2, 0.25) is 0 Å². The van der Waals surface area contributed by atoms with Crippen molar-refractivity contribution < 1.29 is 19.0 Å². The fraction of sp³-hybridized carbons (Fsp3) is 0.276. The highest BCUT2D eigenvalue weighted by atomic mass is 32.1. The van der Waals surface area contributed by atoms with Gasteiger partial charge in [-0.25, -0.2) is 9.47 Å². The molecule has 1 aliphatic carbocycles. The largest absolute Gasteiger partial charge is 0.497 e. The molecular formula is C29H29N3O4S2. The Kier molecular flexibility index (Phi) is 8.35. The second kappa shape index (κ2) is 12.2. The van der Waals surface area contributed by atoms with Gasteiger partial charge in [0.1, 0.15) is 10.6 Å². The van der Waals surface area contributed by atoms with Gasteiger partial charge in [-0.05, 0) is 72.3 Å². The third-order valence-electron chi connectivity index (χ3n) is 6.37. The lowest BCUT2D eigenvalue weighted by Gasteiger charge is -2.16. The predicted octanol–water partition coefficient (Wildman–Crippen LogP) is 6.63. The monoisotopic (exact) mass is 547 g/mol. The molecule has 2 heterocycles. The van der Waals surface area contributed by atoms with E-state index in [1.165, 1.54) is 30.6 Å². The summed E-state index contributed by atoms with van der Waals surface area (Å²) in [6.07, 6.45) is 7.72. The first-order valence-corrected chi connectivity index (χ1v) is 14.3. The fourth-order valence-electron chi connectivity index (χ4n) is 4.34. The average Bonchev–Trinajstić information content (AvgIpc) is 3.64. The minimum absolute atomic E-state index is 0.324. The zero-order valence-electron chi connectivity index (χ0n) is 21.3. The van der Waals surface area contributed by atoms with Crippen molar-refractivity contribution in [3.05, 3.63) is 80.6 Å². The van der Waals surface area contributed by atoms with E-state index < -0.39 is 5.97 Å². The maximum Gasteiger partial charge on any atom is 0.353 e. The van der Waals surface area contributed by atoms with E-state index in [1.807, 2.05) is 46.5 Å². The Morgan fingerprint density at radius 3 is 2.50 bits per heavy atom. The molecule has 5 rings (SSSR count). The molecule has 0 radical (unpaired) electrons. The van der Waals surface area contributed by atoms with Crippen molar-refractivity contribution >= 4 is 34.9 Å². The zero-order chi connectivity index (χ0) is 26.3. The van der Waals surface area contributed by atoms with E-state index in [2.05, 4.69) is 5.38 Å². The summed E-state index contributed by atoms with van der Waals surface area (Å²) in [6, 6.07) is 17.2. The van der Waals surface area contributed by atoms with Crippen LogP contribution in [-0.2, 0) is 0 Å². The summed E-state index contributed by atoms with van der Waals surface area (Å²) in [5.41, 5.74) is 2.79. The van der Waals surface area contributed by atoms with Crippen molar-refractivity contribution in [1.29, 1.82) is 0 Å². The summed E-state index contributed by atoms with van der Waals surface area (Å²) in [5.74, 6) is 1.21. The van der Waals surface area contributed by atoms with Crippen molar-refractivity contribution in [3.8, 4) is 28.5 Å². The Hall–Kier alpha value is -3.69. The number of rotatable bonds is 8. The molecule has 9 heteroatoms. The van der Waals surface area contributed by atoms with Crippen LogP contribution in [0.3, 0.4) is 0 Å². The number of benzene rings is 2. The molecule has 0 N–H and O–H groups in total. The summed E-state index contributed by atoms with van der Waals surface area (Å²) >= 11 is 2.93. The fourth-order valence-corrected chi connectivity index (χ4v) is 5.85. The van der Waals surface area contributed by atoms with Crippen LogP contribution in [-0.4, -0.2) is 37.1 Å². The van der Waals surface area contributed by atoms with E-state index in [0.717, 1.165) is 40.2 Å². The minimum Gasteiger partial charge on any atom is -0.497 e. The van der Waals surface area contributed by atoms with Gasteiger partial charge in [-0.3, -0.25) is 4.99 Å². The molecular weight excluding hydrogens is 518 g/mol. The van der Waals surface area contributed by atoms with E-state index in [-0.39, 0.29) is 0 Å². The third kappa shape index (κ3) is 6.06. The molecule has 0 aliphatic heterocycles. The molecule has 196 valence electrons. The lowest BCUT2D eigenvalue weighted by Crippen LogP contribution is -2.19. The van der Waals surface area contributed by atoms with Gasteiger partial charge >= 0.3 is 5.97 Å². The zero-order valence-corrected chi connectivity index (χ0v) is 23.0. The third-order valence-corrected chi connectivity index (χ3v) is 8.05. The summed E-state index contributed by atoms with van der Waals surface area (Å²) in [5, 5.41) is 8.77. The van der Waals surface area contributed by atoms with Crippen LogP contribution in [0.5, 0.6) is 17.2 Å². The summed E-state index contributed by atoms with van der Waals surface area (Å²) in [7, 11) is 3.21. The Morgan fingerprint density at radius 1 is 0.974 bits per heavy atom. The second-order valence-corrected chi connectivity index (χ2v) is 10.7. The molecule has 0 amide bonds. The minimum atomic E-state index is -0.411. The van der Waals surface area contributed by atoms with Crippen LogP contribution in [0, 0.1) is 0 Å².